The maximum absolute atomic E-state index is 13.5. The van der Waals surface area contributed by atoms with Gasteiger partial charge in [-0.2, -0.15) is 0 Å². The van der Waals surface area contributed by atoms with E-state index >= 15 is 0 Å². The topological polar surface area (TPSA) is 114 Å². The second-order valence-electron chi connectivity index (χ2n) is 9.38. The van der Waals surface area contributed by atoms with E-state index < -0.39 is 0 Å². The molecule has 5 rings (SSSR count). The van der Waals surface area contributed by atoms with Crippen LogP contribution in [0.3, 0.4) is 0 Å². The summed E-state index contributed by atoms with van der Waals surface area (Å²) in [6.07, 6.45) is 7.81. The number of aromatic nitrogens is 3. The normalized spacial score (nSPS) is 13.4. The molecule has 3 N–H and O–H groups in total. The number of ether oxygens (including phenoxy) is 3. The number of fused-ring (bicyclic) bond motifs is 2. The second-order valence-corrected chi connectivity index (χ2v) is 9.38. The molecule has 2 heterocycles. The first-order chi connectivity index (χ1) is 18.5. The molecule has 0 bridgehead atoms. The lowest BCUT2D eigenvalue weighted by Gasteiger charge is -2.15. The maximum atomic E-state index is 13.5. The van der Waals surface area contributed by atoms with E-state index in [9.17, 15) is 4.79 Å². The van der Waals surface area contributed by atoms with Gasteiger partial charge >= 0.3 is 0 Å². The number of benzene rings is 2. The monoisotopic (exact) mass is 515 g/mol. The third-order valence-electron chi connectivity index (χ3n) is 7.00. The molecule has 0 aliphatic heterocycles. The van der Waals surface area contributed by atoms with Crippen LogP contribution in [0.2, 0.25) is 0 Å². The number of nitrogens with two attached hydrogens (primary N) is 1. The molecule has 38 heavy (non-hydrogen) atoms. The Morgan fingerprint density at radius 3 is 2.37 bits per heavy atom. The van der Waals surface area contributed by atoms with E-state index in [4.69, 9.17) is 29.9 Å². The van der Waals surface area contributed by atoms with Crippen molar-refractivity contribution in [3.8, 4) is 17.2 Å². The molecule has 2 aromatic carbocycles. The number of nitrogens with one attached hydrogen (secondary N) is 1. The minimum Gasteiger partial charge on any atom is -0.493 e. The van der Waals surface area contributed by atoms with Gasteiger partial charge in [0.05, 0.1) is 38.9 Å². The highest BCUT2D eigenvalue weighted by Crippen LogP contribution is 2.39. The molecule has 9 heteroatoms. The second kappa shape index (κ2) is 11.0. The van der Waals surface area contributed by atoms with E-state index in [2.05, 4.69) is 11.4 Å². The number of hydrogen-bond acceptors (Lipinski definition) is 7. The highest BCUT2D eigenvalue weighted by Gasteiger charge is 2.25. The quantitative estimate of drug-likeness (QED) is 0.306. The summed E-state index contributed by atoms with van der Waals surface area (Å²) in [7, 11) is 4.71. The van der Waals surface area contributed by atoms with Crippen LogP contribution in [-0.4, -0.2) is 48.3 Å². The van der Waals surface area contributed by atoms with E-state index in [1.54, 1.807) is 21.3 Å². The van der Waals surface area contributed by atoms with Gasteiger partial charge in [0.2, 0.25) is 5.75 Å². The lowest BCUT2D eigenvalue weighted by atomic mass is 9.97. The van der Waals surface area contributed by atoms with Crippen molar-refractivity contribution in [1.29, 1.82) is 0 Å². The lowest BCUT2D eigenvalue weighted by molar-refractivity contribution is 0.0956. The number of nitrogen functional groups attached to an aromatic ring is 1. The summed E-state index contributed by atoms with van der Waals surface area (Å²) in [6.45, 7) is 0.872. The zero-order valence-corrected chi connectivity index (χ0v) is 22.0. The van der Waals surface area contributed by atoms with Crippen molar-refractivity contribution in [2.45, 2.75) is 38.6 Å². The molecule has 0 fully saturated rings. The minimum atomic E-state index is -0.253. The molecule has 0 radical (unpaired) electrons. The molecule has 0 saturated carbocycles. The van der Waals surface area contributed by atoms with Crippen LogP contribution in [0, 0.1) is 0 Å². The number of amides is 1. The van der Waals surface area contributed by atoms with Crippen molar-refractivity contribution in [1.82, 2.24) is 19.9 Å². The Hall–Kier alpha value is -4.27. The SMILES string of the molecule is COc1cc(Cn2c(N)c(C(=O)NCCC3=CCCCC3)c3nc4ccccc4nc32)cc(OC)c1OC. The Balaban J connectivity index is 1.55. The van der Waals surface area contributed by atoms with Crippen LogP contribution in [0.25, 0.3) is 22.2 Å². The van der Waals surface area contributed by atoms with E-state index in [0.29, 0.717) is 58.4 Å². The summed E-state index contributed by atoms with van der Waals surface area (Å²) < 4.78 is 18.3. The lowest BCUT2D eigenvalue weighted by Crippen LogP contribution is -2.26. The summed E-state index contributed by atoms with van der Waals surface area (Å²) in [5.74, 6) is 1.62. The van der Waals surface area contributed by atoms with Crippen LogP contribution in [0.15, 0.2) is 48.0 Å². The van der Waals surface area contributed by atoms with Crippen molar-refractivity contribution in [3.63, 3.8) is 0 Å². The molecule has 4 aromatic rings. The third-order valence-corrected chi connectivity index (χ3v) is 7.00. The standard InChI is InChI=1S/C29H33N5O4/c1-36-22-15-19(16-23(37-2)26(22)38-3)17-34-27(30)24(29(35)31-14-13-18-9-5-4-6-10-18)25-28(34)33-21-12-8-7-11-20(21)32-25/h7-9,11-12,15-16H,4-6,10,13-14,17,30H2,1-3H3,(H,31,35). The Labute approximate surface area is 221 Å². The molecule has 0 spiro atoms. The molecular formula is C29H33N5O4. The fourth-order valence-corrected chi connectivity index (χ4v) is 5.07. The van der Waals surface area contributed by atoms with Gasteiger partial charge in [-0.1, -0.05) is 23.8 Å². The van der Waals surface area contributed by atoms with Gasteiger partial charge in [0.1, 0.15) is 16.9 Å². The van der Waals surface area contributed by atoms with Crippen LogP contribution in [0.4, 0.5) is 5.82 Å². The van der Waals surface area contributed by atoms with Crippen LogP contribution < -0.4 is 25.3 Å². The molecule has 0 unspecified atom stereocenters. The molecular weight excluding hydrogens is 482 g/mol. The maximum Gasteiger partial charge on any atom is 0.257 e. The average Bonchev–Trinajstić information content (AvgIpc) is 3.21. The van der Waals surface area contributed by atoms with Crippen LogP contribution in [0.1, 0.15) is 48.0 Å². The van der Waals surface area contributed by atoms with Gasteiger partial charge in [-0.3, -0.25) is 4.79 Å². The van der Waals surface area contributed by atoms with Crippen molar-refractivity contribution < 1.29 is 19.0 Å². The summed E-state index contributed by atoms with van der Waals surface area (Å²) in [4.78, 5) is 23.1. The smallest absolute Gasteiger partial charge is 0.257 e. The molecule has 1 aliphatic carbocycles. The van der Waals surface area contributed by atoms with Crippen LogP contribution in [0.5, 0.6) is 17.2 Å². The first-order valence-corrected chi connectivity index (χ1v) is 12.8. The van der Waals surface area contributed by atoms with Crippen molar-refractivity contribution in [2.75, 3.05) is 33.6 Å². The molecule has 0 saturated heterocycles. The van der Waals surface area contributed by atoms with Crippen molar-refractivity contribution >= 4 is 33.9 Å². The van der Waals surface area contributed by atoms with Gasteiger partial charge in [0, 0.05) is 6.54 Å². The molecule has 198 valence electrons. The number of nitrogens with zero attached hydrogens (tertiary/aromatic N) is 3. The highest BCUT2D eigenvalue weighted by atomic mass is 16.5. The van der Waals surface area contributed by atoms with E-state index in [-0.39, 0.29) is 5.91 Å². The molecule has 9 nitrogen and oxygen atoms in total. The van der Waals surface area contributed by atoms with Gasteiger partial charge in [0.15, 0.2) is 17.1 Å². The molecule has 1 aliphatic rings. The molecule has 0 atom stereocenters. The van der Waals surface area contributed by atoms with Crippen LogP contribution in [-0.2, 0) is 6.54 Å². The first-order valence-electron chi connectivity index (χ1n) is 12.8. The summed E-state index contributed by atoms with van der Waals surface area (Å²) >= 11 is 0. The number of anilines is 1. The largest absolute Gasteiger partial charge is 0.493 e. The predicted octanol–water partition coefficient (Wildman–Crippen LogP) is 4.86. The number of carbonyl (C=O) groups is 1. The third kappa shape index (κ3) is 4.83. The zero-order chi connectivity index (χ0) is 26.6. The fourth-order valence-electron chi connectivity index (χ4n) is 5.07. The number of allylic oxidation sites excluding steroid dienone is 1. The number of carbonyl (C=O) groups excluding carboxylic acids is 1. The van der Waals surface area contributed by atoms with E-state index in [1.807, 2.05) is 41.0 Å². The molecule has 1 amide bonds. The van der Waals surface area contributed by atoms with Gasteiger partial charge in [-0.25, -0.2) is 9.97 Å². The Bertz CT molecular complexity index is 1500. The summed E-state index contributed by atoms with van der Waals surface area (Å²) in [5, 5.41) is 3.06. The van der Waals surface area contributed by atoms with Crippen molar-refractivity contribution in [2.24, 2.45) is 0 Å². The number of rotatable bonds is 9. The minimum absolute atomic E-state index is 0.253. The summed E-state index contributed by atoms with van der Waals surface area (Å²) in [6, 6.07) is 11.3. The van der Waals surface area contributed by atoms with Gasteiger partial charge in [-0.15, -0.1) is 0 Å². The number of methoxy groups -OCH3 is 3. The van der Waals surface area contributed by atoms with Gasteiger partial charge in [0.25, 0.3) is 5.91 Å². The van der Waals surface area contributed by atoms with Crippen molar-refractivity contribution in [3.05, 3.63) is 59.2 Å². The Morgan fingerprint density at radius 1 is 1.03 bits per heavy atom. The van der Waals surface area contributed by atoms with Gasteiger partial charge < -0.3 is 29.8 Å². The number of hydrogen-bond donors (Lipinski definition) is 2. The van der Waals surface area contributed by atoms with Crippen LogP contribution >= 0.6 is 0 Å². The zero-order valence-electron chi connectivity index (χ0n) is 22.0. The number of para-hydroxylation sites is 2. The molecule has 2 aromatic heterocycles. The predicted molar refractivity (Wildman–Crippen MR) is 148 cm³/mol. The Kier molecular flexibility index (Phi) is 7.35. The Morgan fingerprint density at radius 2 is 1.74 bits per heavy atom. The highest BCUT2D eigenvalue weighted by molar-refractivity contribution is 6.10. The fraction of sp³-hybridized carbons (Fsp3) is 0.345. The van der Waals surface area contributed by atoms with E-state index in [0.717, 1.165) is 30.3 Å². The first kappa shape index (κ1) is 25.4. The van der Waals surface area contributed by atoms with Gasteiger partial charge in [-0.05, 0) is 61.9 Å². The summed E-state index contributed by atoms with van der Waals surface area (Å²) in [5.41, 5.74) is 11.7. The van der Waals surface area contributed by atoms with E-state index in [1.165, 1.54) is 18.4 Å². The average molecular weight is 516 g/mol.